The molecule has 1 heteroatoms. The van der Waals surface area contributed by atoms with Gasteiger partial charge in [0.25, 0.3) is 0 Å². The maximum Gasteiger partial charge on any atom is 0.0601 e. The highest BCUT2D eigenvalue weighted by molar-refractivity contribution is 5.00. The Labute approximate surface area is 89.9 Å². The lowest BCUT2D eigenvalue weighted by atomic mass is 10.2. The molecule has 0 aromatic rings. The van der Waals surface area contributed by atoms with Crippen LogP contribution in [0.2, 0.25) is 0 Å². The lowest BCUT2D eigenvalue weighted by molar-refractivity contribution is 0.296. The fourth-order valence-corrected chi connectivity index (χ4v) is 1.33. The molecule has 14 heavy (non-hydrogen) atoms. The van der Waals surface area contributed by atoms with Crippen LogP contribution in [0.25, 0.3) is 0 Å². The lowest BCUT2D eigenvalue weighted by Gasteiger charge is -2.18. The second kappa shape index (κ2) is 10.6. The molecule has 0 saturated heterocycles. The van der Waals surface area contributed by atoms with Crippen molar-refractivity contribution in [3.63, 3.8) is 0 Å². The van der Waals surface area contributed by atoms with Crippen molar-refractivity contribution in [2.24, 2.45) is 0 Å². The van der Waals surface area contributed by atoms with Crippen molar-refractivity contribution in [2.45, 2.75) is 52.9 Å². The van der Waals surface area contributed by atoms with E-state index in [4.69, 9.17) is 0 Å². The van der Waals surface area contributed by atoms with Crippen molar-refractivity contribution < 1.29 is 0 Å². The van der Waals surface area contributed by atoms with E-state index in [1.807, 2.05) is 0 Å². The van der Waals surface area contributed by atoms with Gasteiger partial charge in [0.1, 0.15) is 0 Å². The van der Waals surface area contributed by atoms with Crippen LogP contribution in [0.5, 0.6) is 0 Å². The fourth-order valence-electron chi connectivity index (χ4n) is 1.33. The zero-order chi connectivity index (χ0) is 10.6. The first kappa shape index (κ1) is 13.5. The summed E-state index contributed by atoms with van der Waals surface area (Å²) in [6.07, 6.45) is 6.15. The van der Waals surface area contributed by atoms with Crippen molar-refractivity contribution in [3.8, 4) is 11.8 Å². The molecule has 0 aliphatic rings. The Hall–Kier alpha value is -0.480. The second-order valence-electron chi connectivity index (χ2n) is 3.69. The van der Waals surface area contributed by atoms with Crippen LogP contribution in [0.4, 0.5) is 0 Å². The minimum atomic E-state index is 0.966. The third-order valence-corrected chi connectivity index (χ3v) is 2.26. The first-order valence-electron chi connectivity index (χ1n) is 6.03. The van der Waals surface area contributed by atoms with E-state index < -0.39 is 0 Å². The summed E-state index contributed by atoms with van der Waals surface area (Å²) < 4.78 is 0. The van der Waals surface area contributed by atoms with Gasteiger partial charge in [-0.2, -0.15) is 0 Å². The van der Waals surface area contributed by atoms with Gasteiger partial charge in [-0.25, -0.2) is 0 Å². The average molecular weight is 195 g/mol. The molecule has 0 aromatic heterocycles. The van der Waals surface area contributed by atoms with E-state index in [9.17, 15) is 0 Å². The zero-order valence-electron chi connectivity index (χ0n) is 10.1. The van der Waals surface area contributed by atoms with Gasteiger partial charge in [0, 0.05) is 6.42 Å². The van der Waals surface area contributed by atoms with Crippen LogP contribution in [0.15, 0.2) is 0 Å². The van der Waals surface area contributed by atoms with E-state index in [1.165, 1.54) is 38.8 Å². The molecule has 0 aliphatic heterocycles. The average Bonchev–Trinajstić information content (AvgIpc) is 2.21. The van der Waals surface area contributed by atoms with Crippen LogP contribution < -0.4 is 0 Å². The van der Waals surface area contributed by atoms with Crippen LogP contribution in [0.1, 0.15) is 52.9 Å². The maximum atomic E-state index is 3.23. The van der Waals surface area contributed by atoms with Gasteiger partial charge in [-0.05, 0) is 25.9 Å². The molecule has 0 radical (unpaired) electrons. The summed E-state index contributed by atoms with van der Waals surface area (Å²) in [5, 5.41) is 0. The minimum absolute atomic E-state index is 0.966. The quantitative estimate of drug-likeness (QED) is 0.563. The number of rotatable bonds is 7. The second-order valence-corrected chi connectivity index (χ2v) is 3.69. The van der Waals surface area contributed by atoms with Crippen LogP contribution in [0, 0.1) is 11.8 Å². The highest BCUT2D eigenvalue weighted by atomic mass is 15.1. The van der Waals surface area contributed by atoms with Gasteiger partial charge in [0.2, 0.25) is 0 Å². The predicted octanol–water partition coefficient (Wildman–Crippen LogP) is 3.30. The predicted molar refractivity (Wildman–Crippen MR) is 64.3 cm³/mol. The molecule has 0 N–H and O–H groups in total. The molecule has 0 aliphatic carbocycles. The van der Waals surface area contributed by atoms with Crippen molar-refractivity contribution in [1.29, 1.82) is 0 Å². The molecule has 0 spiro atoms. The van der Waals surface area contributed by atoms with Gasteiger partial charge in [-0.3, -0.25) is 4.90 Å². The van der Waals surface area contributed by atoms with Crippen LogP contribution in [-0.2, 0) is 0 Å². The van der Waals surface area contributed by atoms with Gasteiger partial charge in [0.15, 0.2) is 0 Å². The van der Waals surface area contributed by atoms with E-state index in [0.717, 1.165) is 13.0 Å². The summed E-state index contributed by atoms with van der Waals surface area (Å²) in [5.41, 5.74) is 0. The molecule has 0 aromatic carbocycles. The Morgan fingerprint density at radius 1 is 0.857 bits per heavy atom. The first-order valence-corrected chi connectivity index (χ1v) is 6.03. The van der Waals surface area contributed by atoms with Crippen LogP contribution in [-0.4, -0.2) is 24.5 Å². The highest BCUT2D eigenvalue weighted by Crippen LogP contribution is 1.98. The molecule has 82 valence electrons. The number of hydrogen-bond acceptors (Lipinski definition) is 1. The minimum Gasteiger partial charge on any atom is -0.292 e. The summed E-state index contributed by atoms with van der Waals surface area (Å²) in [6, 6.07) is 0. The molecule has 0 rings (SSSR count). The Kier molecular flexibility index (Phi) is 10.2. The van der Waals surface area contributed by atoms with Crippen molar-refractivity contribution in [2.75, 3.05) is 19.6 Å². The van der Waals surface area contributed by atoms with Crippen molar-refractivity contribution >= 4 is 0 Å². The normalized spacial score (nSPS) is 10.0. The van der Waals surface area contributed by atoms with Gasteiger partial charge in [-0.1, -0.05) is 39.5 Å². The molecule has 0 heterocycles. The summed E-state index contributed by atoms with van der Waals surface area (Å²) in [5.74, 6) is 6.37. The topological polar surface area (TPSA) is 3.24 Å². The monoisotopic (exact) mass is 195 g/mol. The van der Waals surface area contributed by atoms with E-state index >= 15 is 0 Å². The van der Waals surface area contributed by atoms with E-state index in [0.29, 0.717) is 0 Å². The number of unbranched alkanes of at least 4 members (excludes halogenated alkanes) is 2. The molecule has 0 unspecified atom stereocenters. The molecular weight excluding hydrogens is 170 g/mol. The van der Waals surface area contributed by atoms with Crippen LogP contribution in [0.3, 0.4) is 0 Å². The molecular formula is C13H25N. The third-order valence-electron chi connectivity index (χ3n) is 2.26. The summed E-state index contributed by atoms with van der Waals surface area (Å²) in [7, 11) is 0. The number of hydrogen-bond donors (Lipinski definition) is 0. The largest absolute Gasteiger partial charge is 0.292 e. The van der Waals surface area contributed by atoms with Gasteiger partial charge >= 0.3 is 0 Å². The summed E-state index contributed by atoms with van der Waals surface area (Å²) in [6.45, 7) is 10.00. The fraction of sp³-hybridized carbons (Fsp3) is 0.846. The number of nitrogens with zero attached hydrogens (tertiary/aromatic N) is 1. The van der Waals surface area contributed by atoms with Gasteiger partial charge in [-0.15, -0.1) is 5.92 Å². The summed E-state index contributed by atoms with van der Waals surface area (Å²) in [4.78, 5) is 2.48. The van der Waals surface area contributed by atoms with Crippen molar-refractivity contribution in [3.05, 3.63) is 0 Å². The maximum absolute atomic E-state index is 3.23. The molecule has 0 saturated carbocycles. The Morgan fingerprint density at radius 3 is 1.86 bits per heavy atom. The van der Waals surface area contributed by atoms with Gasteiger partial charge in [0.05, 0.1) is 6.54 Å². The Bertz CT molecular complexity index is 156. The first-order chi connectivity index (χ1) is 6.85. The molecule has 0 fully saturated rings. The smallest absolute Gasteiger partial charge is 0.0601 e. The van der Waals surface area contributed by atoms with E-state index in [1.54, 1.807) is 0 Å². The SMILES string of the molecule is CCC#CCN(CCCC)CCCC. The molecule has 0 bridgehead atoms. The van der Waals surface area contributed by atoms with Crippen molar-refractivity contribution in [1.82, 2.24) is 4.90 Å². The zero-order valence-corrected chi connectivity index (χ0v) is 10.1. The van der Waals surface area contributed by atoms with Crippen LogP contribution >= 0.6 is 0 Å². The van der Waals surface area contributed by atoms with Gasteiger partial charge < -0.3 is 0 Å². The molecule has 0 atom stereocenters. The van der Waals surface area contributed by atoms with E-state index in [-0.39, 0.29) is 0 Å². The molecule has 0 amide bonds. The molecule has 1 nitrogen and oxygen atoms in total. The third kappa shape index (κ3) is 8.13. The van der Waals surface area contributed by atoms with E-state index in [2.05, 4.69) is 37.5 Å². The lowest BCUT2D eigenvalue weighted by Crippen LogP contribution is -2.26. The Morgan fingerprint density at radius 2 is 1.43 bits per heavy atom. The Balaban J connectivity index is 3.71. The summed E-state index contributed by atoms with van der Waals surface area (Å²) >= 11 is 0. The highest BCUT2D eigenvalue weighted by Gasteiger charge is 2.00. The standard InChI is InChI=1S/C13H25N/c1-4-7-10-13-14(11-8-5-2)12-9-6-3/h4-6,8-9,11-13H2,1-3H3.